The molecular weight excluding hydrogens is 212 g/mol. The Hall–Kier alpha value is -1.25. The minimum absolute atomic E-state index is 0.624. The molecule has 3 heteroatoms. The van der Waals surface area contributed by atoms with Crippen molar-refractivity contribution in [1.82, 2.24) is 4.98 Å². The number of nitrogens with two attached hydrogens (primary N) is 1. The largest absolute Gasteiger partial charge is 0.477 e. The van der Waals surface area contributed by atoms with E-state index >= 15 is 0 Å². The first-order chi connectivity index (χ1) is 8.17. The van der Waals surface area contributed by atoms with Crippen molar-refractivity contribution in [3.8, 4) is 5.88 Å². The molecule has 3 nitrogen and oxygen atoms in total. The van der Waals surface area contributed by atoms with E-state index in [4.69, 9.17) is 10.5 Å². The minimum Gasteiger partial charge on any atom is -0.477 e. The number of unbranched alkanes of at least 4 members (excludes halogenated alkanes) is 1. The van der Waals surface area contributed by atoms with Gasteiger partial charge in [-0.3, -0.25) is 0 Å². The highest BCUT2D eigenvalue weighted by Gasteiger charge is 2.07. The average molecular weight is 236 g/mol. The van der Waals surface area contributed by atoms with Crippen LogP contribution in [0.1, 0.15) is 45.1 Å². The molecule has 96 valence electrons. The smallest absolute Gasteiger partial charge is 0.215 e. The van der Waals surface area contributed by atoms with Crippen LogP contribution in [0.15, 0.2) is 12.3 Å². The highest BCUT2D eigenvalue weighted by molar-refractivity contribution is 5.47. The van der Waals surface area contributed by atoms with Gasteiger partial charge in [0, 0.05) is 18.0 Å². The summed E-state index contributed by atoms with van der Waals surface area (Å²) in [5.74, 6) is 1.27. The Morgan fingerprint density at radius 1 is 1.41 bits per heavy atom. The lowest BCUT2D eigenvalue weighted by Crippen LogP contribution is -2.12. The van der Waals surface area contributed by atoms with Crippen LogP contribution in [0.5, 0.6) is 5.88 Å². The summed E-state index contributed by atoms with van der Waals surface area (Å²) in [6.45, 7) is 7.12. The lowest BCUT2D eigenvalue weighted by atomic mass is 10.0. The second-order valence-corrected chi connectivity index (χ2v) is 4.61. The maximum Gasteiger partial charge on any atom is 0.215 e. The fourth-order valence-electron chi connectivity index (χ4n) is 1.70. The predicted molar refractivity (Wildman–Crippen MR) is 72.2 cm³/mol. The van der Waals surface area contributed by atoms with E-state index in [1.54, 1.807) is 6.20 Å². The van der Waals surface area contributed by atoms with Gasteiger partial charge in [0.05, 0.1) is 6.61 Å². The summed E-state index contributed by atoms with van der Waals surface area (Å²) in [5, 5.41) is 0. The molecule has 1 rings (SSSR count). The van der Waals surface area contributed by atoms with Gasteiger partial charge in [-0.25, -0.2) is 4.98 Å². The van der Waals surface area contributed by atoms with Crippen LogP contribution in [0.3, 0.4) is 0 Å². The molecule has 1 aromatic rings. The summed E-state index contributed by atoms with van der Waals surface area (Å²) < 4.78 is 5.70. The molecule has 1 unspecified atom stereocenters. The molecule has 0 saturated carbocycles. The summed E-state index contributed by atoms with van der Waals surface area (Å²) in [7, 11) is 0. The lowest BCUT2D eigenvalue weighted by molar-refractivity contribution is 0.226. The van der Waals surface area contributed by atoms with Gasteiger partial charge >= 0.3 is 0 Å². The molecule has 0 aromatic carbocycles. The number of aryl methyl sites for hydroxylation is 1. The van der Waals surface area contributed by atoms with E-state index in [-0.39, 0.29) is 0 Å². The van der Waals surface area contributed by atoms with Crippen LogP contribution >= 0.6 is 0 Å². The van der Waals surface area contributed by atoms with Crippen molar-refractivity contribution in [3.63, 3.8) is 0 Å². The Labute approximate surface area is 104 Å². The fourth-order valence-corrected chi connectivity index (χ4v) is 1.70. The molecule has 0 radical (unpaired) electrons. The normalized spacial score (nSPS) is 12.4. The zero-order valence-electron chi connectivity index (χ0n) is 11.2. The van der Waals surface area contributed by atoms with Gasteiger partial charge in [-0.1, -0.05) is 33.1 Å². The van der Waals surface area contributed by atoms with Crippen molar-refractivity contribution in [2.75, 3.05) is 12.3 Å². The molecular formula is C14H24N2O. The van der Waals surface area contributed by atoms with Gasteiger partial charge in [0.25, 0.3) is 0 Å². The topological polar surface area (TPSA) is 48.1 Å². The van der Waals surface area contributed by atoms with E-state index in [1.807, 2.05) is 13.0 Å². The number of anilines is 1. The number of nitrogens with zero attached hydrogens (tertiary/aromatic N) is 1. The third-order valence-corrected chi connectivity index (χ3v) is 3.13. The van der Waals surface area contributed by atoms with Gasteiger partial charge in [0.1, 0.15) is 0 Å². The second-order valence-electron chi connectivity index (χ2n) is 4.61. The summed E-state index contributed by atoms with van der Waals surface area (Å²) >= 11 is 0. The molecule has 1 atom stereocenters. The first-order valence-electron chi connectivity index (χ1n) is 6.52. The maximum atomic E-state index is 5.82. The number of aromatic nitrogens is 1. The zero-order valence-corrected chi connectivity index (χ0v) is 11.2. The number of hydrogen-bond donors (Lipinski definition) is 1. The number of rotatable bonds is 7. The maximum absolute atomic E-state index is 5.82. The highest BCUT2D eigenvalue weighted by atomic mass is 16.5. The van der Waals surface area contributed by atoms with Crippen LogP contribution in [0.4, 0.5) is 5.69 Å². The van der Waals surface area contributed by atoms with E-state index < -0.39 is 0 Å². The van der Waals surface area contributed by atoms with Gasteiger partial charge in [-0.2, -0.15) is 0 Å². The van der Waals surface area contributed by atoms with E-state index in [2.05, 4.69) is 18.8 Å². The molecule has 0 bridgehead atoms. The molecule has 0 aliphatic carbocycles. The van der Waals surface area contributed by atoms with E-state index in [9.17, 15) is 0 Å². The van der Waals surface area contributed by atoms with Crippen molar-refractivity contribution in [3.05, 3.63) is 17.8 Å². The van der Waals surface area contributed by atoms with Gasteiger partial charge in [0.2, 0.25) is 5.88 Å². The standard InChI is InChI=1S/C14H24N2O/c1-4-6-7-12(5-2)10-17-14-8-13(15)11(3)9-16-14/h8-9,12H,4-7,10H2,1-3H3,(H2,15,16). The van der Waals surface area contributed by atoms with Crippen LogP contribution in [-0.4, -0.2) is 11.6 Å². The van der Waals surface area contributed by atoms with Crippen molar-refractivity contribution < 1.29 is 4.74 Å². The van der Waals surface area contributed by atoms with Crippen molar-refractivity contribution in [1.29, 1.82) is 0 Å². The second kappa shape index (κ2) is 7.15. The van der Waals surface area contributed by atoms with E-state index in [1.165, 1.54) is 19.3 Å². The van der Waals surface area contributed by atoms with E-state index in [0.717, 1.165) is 24.3 Å². The third kappa shape index (κ3) is 4.63. The third-order valence-electron chi connectivity index (χ3n) is 3.13. The molecule has 0 fully saturated rings. The Kier molecular flexibility index (Phi) is 5.81. The number of hydrogen-bond acceptors (Lipinski definition) is 3. The Bertz CT molecular complexity index is 339. The van der Waals surface area contributed by atoms with E-state index in [0.29, 0.717) is 11.8 Å². The quantitative estimate of drug-likeness (QED) is 0.787. The molecule has 0 amide bonds. The summed E-state index contributed by atoms with van der Waals surface area (Å²) in [4.78, 5) is 4.22. The van der Waals surface area contributed by atoms with Crippen molar-refractivity contribution in [2.24, 2.45) is 5.92 Å². The average Bonchev–Trinajstić information content (AvgIpc) is 2.34. The summed E-state index contributed by atoms with van der Waals surface area (Å²) in [6, 6.07) is 1.81. The number of ether oxygens (including phenoxy) is 1. The van der Waals surface area contributed by atoms with Crippen LogP contribution in [0, 0.1) is 12.8 Å². The first-order valence-corrected chi connectivity index (χ1v) is 6.52. The van der Waals surface area contributed by atoms with Gasteiger partial charge < -0.3 is 10.5 Å². The first kappa shape index (κ1) is 13.8. The SMILES string of the molecule is CCCCC(CC)COc1cc(N)c(C)cn1. The molecule has 2 N–H and O–H groups in total. The Morgan fingerprint density at radius 3 is 2.76 bits per heavy atom. The Morgan fingerprint density at radius 2 is 2.18 bits per heavy atom. The molecule has 0 spiro atoms. The van der Waals surface area contributed by atoms with Crippen LogP contribution in [0.2, 0.25) is 0 Å². The van der Waals surface area contributed by atoms with Crippen molar-refractivity contribution >= 4 is 5.69 Å². The van der Waals surface area contributed by atoms with Crippen LogP contribution in [-0.2, 0) is 0 Å². The molecule has 1 heterocycles. The molecule has 1 aromatic heterocycles. The molecule has 0 aliphatic heterocycles. The molecule has 0 saturated heterocycles. The molecule has 0 aliphatic rings. The lowest BCUT2D eigenvalue weighted by Gasteiger charge is -2.15. The van der Waals surface area contributed by atoms with Crippen LogP contribution in [0.25, 0.3) is 0 Å². The molecule has 17 heavy (non-hydrogen) atoms. The van der Waals surface area contributed by atoms with Gasteiger partial charge in [-0.05, 0) is 24.8 Å². The number of nitrogen functional groups attached to an aromatic ring is 1. The van der Waals surface area contributed by atoms with Crippen LogP contribution < -0.4 is 10.5 Å². The van der Waals surface area contributed by atoms with Gasteiger partial charge in [0.15, 0.2) is 0 Å². The monoisotopic (exact) mass is 236 g/mol. The number of pyridine rings is 1. The zero-order chi connectivity index (χ0) is 12.7. The Balaban J connectivity index is 2.45. The van der Waals surface area contributed by atoms with Crippen molar-refractivity contribution in [2.45, 2.75) is 46.5 Å². The summed E-state index contributed by atoms with van der Waals surface area (Å²) in [5.41, 5.74) is 7.56. The fraction of sp³-hybridized carbons (Fsp3) is 0.643. The van der Waals surface area contributed by atoms with Gasteiger partial charge in [-0.15, -0.1) is 0 Å². The highest BCUT2D eigenvalue weighted by Crippen LogP contribution is 2.18. The summed E-state index contributed by atoms with van der Waals surface area (Å²) in [6.07, 6.45) is 6.66. The minimum atomic E-state index is 0.624. The predicted octanol–water partition coefficient (Wildman–Crippen LogP) is 3.57.